The molecule has 0 aromatic heterocycles. The summed E-state index contributed by atoms with van der Waals surface area (Å²) in [5.41, 5.74) is 1.92. The van der Waals surface area contributed by atoms with Crippen molar-refractivity contribution in [2.75, 3.05) is 19.6 Å². The number of carbonyl (C=O) groups is 6. The van der Waals surface area contributed by atoms with Crippen LogP contribution in [0.1, 0.15) is 92.1 Å². The quantitative estimate of drug-likeness (QED) is 0.116. The van der Waals surface area contributed by atoms with Crippen LogP contribution in [0, 0.1) is 12.3 Å². The number of hydrogen-bond acceptors (Lipinski definition) is 6. The van der Waals surface area contributed by atoms with Crippen LogP contribution in [0.25, 0.3) is 0 Å². The Morgan fingerprint density at radius 3 is 2.29 bits per heavy atom. The van der Waals surface area contributed by atoms with Gasteiger partial charge in [-0.05, 0) is 50.5 Å². The van der Waals surface area contributed by atoms with E-state index in [1.807, 2.05) is 18.2 Å². The van der Waals surface area contributed by atoms with E-state index >= 15 is 0 Å². The standard InChI is InChI=1S/C38H46N4O6/c1-2-3-6-17-34(44)40-32(26-28-19-21-30(22-20-28)36(46)29-13-7-4-8-14-29)37(47)39-23-10-5-9-18-35(45)42-25-12-16-33(42)38(48)41-24-11-15-31(41)27-43/h1,4,7-8,13-14,19-22,27,31-33H,3,5-6,9-12,15-18,23-26H2,(H,39,47)(H,40,44)/t31-,32-,33-/m0/s1. The van der Waals surface area contributed by atoms with Gasteiger partial charge in [0.2, 0.25) is 23.6 Å². The highest BCUT2D eigenvalue weighted by molar-refractivity contribution is 6.09. The van der Waals surface area contributed by atoms with Gasteiger partial charge in [0.05, 0.1) is 6.04 Å². The third kappa shape index (κ3) is 10.1. The van der Waals surface area contributed by atoms with Crippen LogP contribution in [0.5, 0.6) is 0 Å². The van der Waals surface area contributed by atoms with E-state index in [4.69, 9.17) is 6.42 Å². The maximum Gasteiger partial charge on any atom is 0.245 e. The molecule has 0 unspecified atom stereocenters. The van der Waals surface area contributed by atoms with Crippen molar-refractivity contribution in [2.45, 2.75) is 95.2 Å². The first-order valence-electron chi connectivity index (χ1n) is 17.1. The minimum Gasteiger partial charge on any atom is -0.354 e. The average Bonchev–Trinajstić information content (AvgIpc) is 3.80. The van der Waals surface area contributed by atoms with E-state index in [1.54, 1.807) is 46.2 Å². The second kappa shape index (κ2) is 18.5. The molecule has 2 fully saturated rings. The highest BCUT2D eigenvalue weighted by atomic mass is 16.2. The third-order valence-electron chi connectivity index (χ3n) is 9.03. The van der Waals surface area contributed by atoms with Gasteiger partial charge in [-0.1, -0.05) is 61.0 Å². The fraction of sp³-hybridized carbons (Fsp3) is 0.474. The molecule has 2 aromatic carbocycles. The molecule has 0 bridgehead atoms. The number of unbranched alkanes of at least 4 members (excludes halogenated alkanes) is 3. The molecular formula is C38H46N4O6. The number of terminal acetylenes is 1. The largest absolute Gasteiger partial charge is 0.354 e. The molecule has 2 aliphatic rings. The van der Waals surface area contributed by atoms with Gasteiger partial charge in [0.1, 0.15) is 18.4 Å². The predicted molar refractivity (Wildman–Crippen MR) is 182 cm³/mol. The lowest BCUT2D eigenvalue weighted by Gasteiger charge is -2.29. The van der Waals surface area contributed by atoms with E-state index in [1.165, 1.54) is 0 Å². The van der Waals surface area contributed by atoms with Crippen LogP contribution in [0.4, 0.5) is 0 Å². The highest BCUT2D eigenvalue weighted by Crippen LogP contribution is 2.25. The normalized spacial score (nSPS) is 17.7. The van der Waals surface area contributed by atoms with E-state index in [9.17, 15) is 28.8 Å². The maximum atomic E-state index is 13.2. The molecule has 2 aliphatic heterocycles. The number of amides is 4. The zero-order valence-electron chi connectivity index (χ0n) is 27.5. The Kier molecular flexibility index (Phi) is 13.9. The van der Waals surface area contributed by atoms with Crippen molar-refractivity contribution < 1.29 is 28.8 Å². The highest BCUT2D eigenvalue weighted by Gasteiger charge is 2.39. The predicted octanol–water partition coefficient (Wildman–Crippen LogP) is 3.61. The van der Waals surface area contributed by atoms with Gasteiger partial charge in [-0.3, -0.25) is 24.0 Å². The van der Waals surface area contributed by atoms with Crippen LogP contribution in [-0.2, 0) is 30.4 Å². The minimum absolute atomic E-state index is 0.0548. The summed E-state index contributed by atoms with van der Waals surface area (Å²) in [6.07, 6.45) is 12.8. The van der Waals surface area contributed by atoms with Crippen LogP contribution >= 0.6 is 0 Å². The number of aldehydes is 1. The van der Waals surface area contributed by atoms with Crippen LogP contribution in [0.3, 0.4) is 0 Å². The fourth-order valence-corrected chi connectivity index (χ4v) is 6.39. The molecule has 3 atom stereocenters. The van der Waals surface area contributed by atoms with Gasteiger partial charge >= 0.3 is 0 Å². The summed E-state index contributed by atoms with van der Waals surface area (Å²) in [5.74, 6) is 1.68. The summed E-state index contributed by atoms with van der Waals surface area (Å²) in [4.78, 5) is 79.4. The number of rotatable bonds is 17. The number of carbonyl (C=O) groups excluding carboxylic acids is 6. The number of nitrogens with zero attached hydrogens (tertiary/aromatic N) is 2. The van der Waals surface area contributed by atoms with Crippen LogP contribution < -0.4 is 10.6 Å². The number of hydrogen-bond donors (Lipinski definition) is 2. The lowest BCUT2D eigenvalue weighted by molar-refractivity contribution is -0.145. The molecule has 2 aromatic rings. The second-order valence-corrected chi connectivity index (χ2v) is 12.5. The van der Waals surface area contributed by atoms with Crippen molar-refractivity contribution >= 4 is 35.7 Å². The van der Waals surface area contributed by atoms with E-state index in [-0.39, 0.29) is 48.3 Å². The molecule has 0 radical (unpaired) electrons. The molecule has 0 aliphatic carbocycles. The summed E-state index contributed by atoms with van der Waals surface area (Å²) in [5, 5.41) is 5.76. The van der Waals surface area contributed by atoms with Gasteiger partial charge in [0, 0.05) is 56.4 Å². The van der Waals surface area contributed by atoms with Crippen molar-refractivity contribution in [2.24, 2.45) is 0 Å². The first-order chi connectivity index (χ1) is 23.3. The van der Waals surface area contributed by atoms with E-state index < -0.39 is 12.1 Å². The number of ketones is 1. The van der Waals surface area contributed by atoms with Gasteiger partial charge in [-0.15, -0.1) is 12.3 Å². The molecule has 48 heavy (non-hydrogen) atoms. The van der Waals surface area contributed by atoms with Crippen LogP contribution in [0.15, 0.2) is 54.6 Å². The summed E-state index contributed by atoms with van der Waals surface area (Å²) in [6, 6.07) is 14.4. The van der Waals surface area contributed by atoms with Crippen molar-refractivity contribution in [1.82, 2.24) is 20.4 Å². The van der Waals surface area contributed by atoms with Gasteiger partial charge in [-0.2, -0.15) is 0 Å². The van der Waals surface area contributed by atoms with Crippen LogP contribution in [0.2, 0.25) is 0 Å². The lowest BCUT2D eigenvalue weighted by atomic mass is 9.99. The molecule has 10 heteroatoms. The first kappa shape index (κ1) is 36.1. The monoisotopic (exact) mass is 654 g/mol. The van der Waals surface area contributed by atoms with E-state index in [2.05, 4.69) is 16.6 Å². The second-order valence-electron chi connectivity index (χ2n) is 12.5. The summed E-state index contributed by atoms with van der Waals surface area (Å²) >= 11 is 0. The Balaban J connectivity index is 1.24. The molecule has 4 amide bonds. The molecule has 10 nitrogen and oxygen atoms in total. The lowest BCUT2D eigenvalue weighted by Crippen LogP contribution is -2.49. The smallest absolute Gasteiger partial charge is 0.245 e. The number of likely N-dealkylation sites (tertiary alicyclic amines) is 2. The fourth-order valence-electron chi connectivity index (χ4n) is 6.39. The van der Waals surface area contributed by atoms with E-state index in [0.29, 0.717) is 82.1 Å². The Bertz CT molecular complexity index is 1470. The molecule has 2 heterocycles. The maximum absolute atomic E-state index is 13.2. The zero-order chi connectivity index (χ0) is 34.3. The van der Waals surface area contributed by atoms with Crippen molar-refractivity contribution in [3.05, 3.63) is 71.3 Å². The van der Waals surface area contributed by atoms with Crippen molar-refractivity contribution in [1.29, 1.82) is 0 Å². The van der Waals surface area contributed by atoms with Gasteiger partial charge in [-0.25, -0.2) is 0 Å². The molecule has 254 valence electrons. The minimum atomic E-state index is -0.806. The number of benzene rings is 2. The first-order valence-corrected chi connectivity index (χ1v) is 17.1. The Morgan fingerprint density at radius 1 is 0.854 bits per heavy atom. The van der Waals surface area contributed by atoms with Gasteiger partial charge in [0.15, 0.2) is 5.78 Å². The third-order valence-corrected chi connectivity index (χ3v) is 9.03. The average molecular weight is 655 g/mol. The summed E-state index contributed by atoms with van der Waals surface area (Å²) in [7, 11) is 0. The van der Waals surface area contributed by atoms with Crippen molar-refractivity contribution in [3.8, 4) is 12.3 Å². The topological polar surface area (TPSA) is 133 Å². The molecule has 0 saturated carbocycles. The Labute approximate surface area is 283 Å². The summed E-state index contributed by atoms with van der Waals surface area (Å²) in [6.45, 7) is 1.49. The number of nitrogens with one attached hydrogen (secondary N) is 2. The van der Waals surface area contributed by atoms with Crippen molar-refractivity contribution in [3.63, 3.8) is 0 Å². The van der Waals surface area contributed by atoms with Gasteiger partial charge < -0.3 is 25.2 Å². The molecule has 0 spiro atoms. The Hall–Kier alpha value is -4.78. The van der Waals surface area contributed by atoms with Crippen LogP contribution in [-0.4, -0.2) is 83.3 Å². The SMILES string of the molecule is C#CCCCC(=O)N[C@@H](Cc1ccc(C(=O)c2ccccc2)cc1)C(=O)NCCCCCC(=O)N1CCC[C@H]1C(=O)N1CCC[C@H]1C=O. The molecular weight excluding hydrogens is 608 g/mol. The van der Waals surface area contributed by atoms with E-state index in [0.717, 1.165) is 24.7 Å². The molecule has 2 N–H and O–H groups in total. The Morgan fingerprint density at radius 2 is 1.56 bits per heavy atom. The molecule has 2 saturated heterocycles. The summed E-state index contributed by atoms with van der Waals surface area (Å²) < 4.78 is 0. The zero-order valence-corrected chi connectivity index (χ0v) is 27.5. The molecule has 4 rings (SSSR count). The van der Waals surface area contributed by atoms with Gasteiger partial charge in [0.25, 0.3) is 0 Å².